The van der Waals surface area contributed by atoms with Crippen LogP contribution in [0.1, 0.15) is 56.1 Å². The number of hydrogen-bond donors (Lipinski definition) is 2. The normalized spacial score (nSPS) is 22.3. The Morgan fingerprint density at radius 3 is 2.63 bits per heavy atom. The number of halogens is 1. The molecule has 10 heteroatoms. The Morgan fingerprint density at radius 1 is 1.15 bits per heavy atom. The Bertz CT molecular complexity index is 1500. The first-order chi connectivity index (χ1) is 19.5. The van der Waals surface area contributed by atoms with E-state index < -0.39 is 21.4 Å². The number of rotatable bonds is 7. The molecule has 5 rings (SSSR count). The molecule has 3 N–H and O–H groups in total. The van der Waals surface area contributed by atoms with E-state index >= 15 is 0 Å². The molecule has 0 bridgehead atoms. The number of ether oxygens (including phenoxy) is 1. The van der Waals surface area contributed by atoms with E-state index in [-0.39, 0.29) is 17.3 Å². The highest BCUT2D eigenvalue weighted by molar-refractivity contribution is 7.90. The van der Waals surface area contributed by atoms with Gasteiger partial charge >= 0.3 is 5.97 Å². The molecule has 8 nitrogen and oxygen atoms in total. The van der Waals surface area contributed by atoms with Crippen LogP contribution in [0.15, 0.2) is 47.0 Å². The van der Waals surface area contributed by atoms with Crippen molar-refractivity contribution in [3.63, 3.8) is 0 Å². The number of likely N-dealkylation sites (tertiary alicyclic amines) is 1. The second-order valence-electron chi connectivity index (χ2n) is 11.7. The molecular formula is C31H38ClN3O5S. The number of carbonyl (C=O) groups excluding carboxylic acids is 2. The number of carbonyl (C=O) groups is 2. The van der Waals surface area contributed by atoms with E-state index in [1.165, 1.54) is 32.1 Å². The highest BCUT2D eigenvalue weighted by atomic mass is 35.5. The molecule has 2 fully saturated rings. The van der Waals surface area contributed by atoms with Gasteiger partial charge in [0.1, 0.15) is 0 Å². The largest absolute Gasteiger partial charge is 0.448 e. The molecule has 3 aliphatic rings. The molecule has 0 radical (unpaired) electrons. The molecule has 1 amide bonds. The zero-order chi connectivity index (χ0) is 29.4. The highest BCUT2D eigenvalue weighted by Gasteiger charge is 2.49. The summed E-state index contributed by atoms with van der Waals surface area (Å²) in [6.07, 6.45) is 8.58. The number of nitrogens with one attached hydrogen (secondary N) is 1. The first-order valence-electron chi connectivity index (χ1n) is 14.3. The van der Waals surface area contributed by atoms with Crippen LogP contribution in [0.3, 0.4) is 0 Å². The van der Waals surface area contributed by atoms with Crippen LogP contribution in [0.2, 0.25) is 5.02 Å². The van der Waals surface area contributed by atoms with Crippen LogP contribution >= 0.6 is 11.6 Å². The van der Waals surface area contributed by atoms with Gasteiger partial charge in [-0.1, -0.05) is 43.0 Å². The van der Waals surface area contributed by atoms with E-state index in [0.29, 0.717) is 58.4 Å². The molecule has 220 valence electrons. The van der Waals surface area contributed by atoms with Crippen LogP contribution in [0.25, 0.3) is 16.7 Å². The van der Waals surface area contributed by atoms with Crippen LogP contribution in [-0.4, -0.2) is 63.2 Å². The molecular weight excluding hydrogens is 562 g/mol. The molecule has 2 aromatic rings. The SMILES string of the molecule is Cc1cc(-c2cccc(S(C)(=O)=O)c2)c(Cl)cc1C1=C(N)C2(CCCN(CC(=O)NCC3CCCCC3)C2)OC1=O. The van der Waals surface area contributed by atoms with Crippen LogP contribution in [0, 0.1) is 12.8 Å². The predicted octanol–water partition coefficient (Wildman–Crippen LogP) is 4.48. The number of benzene rings is 2. The number of nitrogens with two attached hydrogens (primary N) is 1. The van der Waals surface area contributed by atoms with Gasteiger partial charge in [-0.05, 0) is 86.0 Å². The number of nitrogens with zero attached hydrogens (tertiary/aromatic N) is 1. The average Bonchev–Trinajstić information content (AvgIpc) is 3.16. The minimum Gasteiger partial charge on any atom is -0.448 e. The predicted molar refractivity (Wildman–Crippen MR) is 160 cm³/mol. The fraction of sp³-hybridized carbons (Fsp3) is 0.484. The third kappa shape index (κ3) is 6.32. The maximum Gasteiger partial charge on any atom is 0.341 e. The van der Waals surface area contributed by atoms with Crippen molar-refractivity contribution in [2.75, 3.05) is 32.4 Å². The molecule has 2 heterocycles. The average molecular weight is 600 g/mol. The lowest BCUT2D eigenvalue weighted by molar-refractivity contribution is -0.149. The number of esters is 1. The number of hydrogen-bond acceptors (Lipinski definition) is 7. The third-order valence-electron chi connectivity index (χ3n) is 8.62. The lowest BCUT2D eigenvalue weighted by Crippen LogP contribution is -2.53. The van der Waals surface area contributed by atoms with Crippen molar-refractivity contribution in [2.24, 2.45) is 11.7 Å². The molecule has 2 aliphatic heterocycles. The molecule has 41 heavy (non-hydrogen) atoms. The van der Waals surface area contributed by atoms with Gasteiger partial charge < -0.3 is 15.8 Å². The van der Waals surface area contributed by atoms with E-state index in [2.05, 4.69) is 5.32 Å². The van der Waals surface area contributed by atoms with Gasteiger partial charge in [0, 0.05) is 29.9 Å². The minimum absolute atomic E-state index is 0.0159. The molecule has 0 aromatic heterocycles. The second-order valence-corrected chi connectivity index (χ2v) is 14.2. The number of sulfone groups is 1. The highest BCUT2D eigenvalue weighted by Crippen LogP contribution is 2.43. The molecule has 1 aliphatic carbocycles. The standard InChI is InChI=1S/C31H38ClN3O5S/c1-20-14-25(22-10-6-11-23(15-22)41(2,38)39)26(32)16-24(20)28-29(33)31(40-30(28)37)12-7-13-35(19-31)18-27(36)34-17-21-8-4-3-5-9-21/h6,10-11,14-16,21H,3-5,7-9,12-13,17-19,33H2,1-2H3,(H,34,36). The molecule has 1 saturated heterocycles. The zero-order valence-corrected chi connectivity index (χ0v) is 25.2. The fourth-order valence-electron chi connectivity index (χ4n) is 6.40. The molecule has 1 unspecified atom stereocenters. The zero-order valence-electron chi connectivity index (χ0n) is 23.7. The smallest absolute Gasteiger partial charge is 0.341 e. The summed E-state index contributed by atoms with van der Waals surface area (Å²) < 4.78 is 30.1. The van der Waals surface area contributed by atoms with Gasteiger partial charge in [0.25, 0.3) is 0 Å². The minimum atomic E-state index is -3.39. The van der Waals surface area contributed by atoms with Gasteiger partial charge in [-0.2, -0.15) is 0 Å². The first-order valence-corrected chi connectivity index (χ1v) is 16.6. The summed E-state index contributed by atoms with van der Waals surface area (Å²) in [5, 5.41) is 3.46. The summed E-state index contributed by atoms with van der Waals surface area (Å²) >= 11 is 6.70. The van der Waals surface area contributed by atoms with Crippen molar-refractivity contribution in [1.82, 2.24) is 10.2 Å². The van der Waals surface area contributed by atoms with Crippen LogP contribution < -0.4 is 11.1 Å². The number of piperidine rings is 1. The van der Waals surface area contributed by atoms with E-state index in [4.69, 9.17) is 22.1 Å². The van der Waals surface area contributed by atoms with Gasteiger partial charge in [-0.25, -0.2) is 13.2 Å². The van der Waals surface area contributed by atoms with Crippen molar-refractivity contribution in [3.05, 3.63) is 58.2 Å². The summed E-state index contributed by atoms with van der Waals surface area (Å²) in [6.45, 7) is 3.89. The van der Waals surface area contributed by atoms with E-state index in [1.54, 1.807) is 30.3 Å². The Morgan fingerprint density at radius 2 is 1.90 bits per heavy atom. The van der Waals surface area contributed by atoms with Crippen molar-refractivity contribution in [2.45, 2.75) is 62.4 Å². The van der Waals surface area contributed by atoms with E-state index in [9.17, 15) is 18.0 Å². The van der Waals surface area contributed by atoms with Crippen molar-refractivity contribution in [1.29, 1.82) is 0 Å². The van der Waals surface area contributed by atoms with Crippen molar-refractivity contribution in [3.8, 4) is 11.1 Å². The third-order valence-corrected chi connectivity index (χ3v) is 10.0. The topological polar surface area (TPSA) is 119 Å². The van der Waals surface area contributed by atoms with E-state index in [1.807, 2.05) is 17.9 Å². The van der Waals surface area contributed by atoms with Gasteiger partial charge in [0.2, 0.25) is 5.91 Å². The molecule has 1 spiro atoms. The summed E-state index contributed by atoms with van der Waals surface area (Å²) in [4.78, 5) is 28.2. The number of amides is 1. The van der Waals surface area contributed by atoms with Crippen molar-refractivity contribution < 1.29 is 22.7 Å². The summed E-state index contributed by atoms with van der Waals surface area (Å²) in [5.74, 6) is 0.0392. The van der Waals surface area contributed by atoms with Gasteiger partial charge in [-0.15, -0.1) is 0 Å². The van der Waals surface area contributed by atoms with Gasteiger partial charge in [0.05, 0.1) is 22.7 Å². The van der Waals surface area contributed by atoms with E-state index in [0.717, 1.165) is 24.8 Å². The van der Waals surface area contributed by atoms with Crippen LogP contribution in [-0.2, 0) is 24.2 Å². The summed E-state index contributed by atoms with van der Waals surface area (Å²) in [5.41, 5.74) is 9.01. The second kappa shape index (κ2) is 11.8. The maximum absolute atomic E-state index is 13.3. The van der Waals surface area contributed by atoms with Crippen molar-refractivity contribution >= 4 is 38.9 Å². The number of aryl methyl sites for hydroxylation is 1. The van der Waals surface area contributed by atoms with Gasteiger partial charge in [-0.3, -0.25) is 9.69 Å². The summed E-state index contributed by atoms with van der Waals surface area (Å²) in [6, 6.07) is 10.1. The quantitative estimate of drug-likeness (QED) is 0.451. The first kappa shape index (κ1) is 29.6. The molecule has 1 atom stereocenters. The van der Waals surface area contributed by atoms with Crippen LogP contribution in [0.4, 0.5) is 0 Å². The summed E-state index contributed by atoms with van der Waals surface area (Å²) in [7, 11) is -3.39. The Balaban J connectivity index is 1.35. The Hall–Kier alpha value is -2.88. The molecule has 2 aromatic carbocycles. The maximum atomic E-state index is 13.3. The van der Waals surface area contributed by atoms with Gasteiger partial charge in [0.15, 0.2) is 15.4 Å². The lowest BCUT2D eigenvalue weighted by Gasteiger charge is -2.39. The lowest BCUT2D eigenvalue weighted by atomic mass is 9.86. The molecule has 1 saturated carbocycles. The Kier molecular flexibility index (Phi) is 8.51. The fourth-order valence-corrected chi connectivity index (χ4v) is 7.34. The van der Waals surface area contributed by atoms with Crippen LogP contribution in [0.5, 0.6) is 0 Å². The Labute approximate surface area is 247 Å². The monoisotopic (exact) mass is 599 g/mol.